The van der Waals surface area contributed by atoms with Crippen LogP contribution in [0.5, 0.6) is 0 Å². The number of nitrogens with zero attached hydrogens (tertiary/aromatic N) is 2. The van der Waals surface area contributed by atoms with Crippen molar-refractivity contribution >= 4 is 6.09 Å². The number of halogens is 1. The van der Waals surface area contributed by atoms with Gasteiger partial charge >= 0.3 is 6.09 Å². The number of aromatic nitrogens is 1. The maximum absolute atomic E-state index is 13.2. The second-order valence-electron chi connectivity index (χ2n) is 6.72. The van der Waals surface area contributed by atoms with Crippen LogP contribution in [0.4, 0.5) is 9.18 Å². The molecule has 1 unspecified atom stereocenters. The fourth-order valence-electron chi connectivity index (χ4n) is 2.56. The molecule has 0 bridgehead atoms. The van der Waals surface area contributed by atoms with Gasteiger partial charge in [-0.2, -0.15) is 4.39 Å². The second kappa shape index (κ2) is 6.00. The lowest BCUT2D eigenvalue weighted by atomic mass is 9.97. The van der Waals surface area contributed by atoms with Crippen LogP contribution < -0.4 is 0 Å². The lowest BCUT2D eigenvalue weighted by Crippen LogP contribution is -2.35. The van der Waals surface area contributed by atoms with E-state index in [0.29, 0.717) is 19.0 Å². The number of hydrogen-bond acceptors (Lipinski definition) is 3. The standard InChI is InChI=1S/C16H23FN2O2/c1-11-9-18-14(17)8-13(11)7-12-5-6-19(10-12)15(20)21-16(2,3)4/h8-9,12H,5-7,10H2,1-4H3. The Balaban J connectivity index is 1.93. The van der Waals surface area contributed by atoms with Gasteiger partial charge in [0, 0.05) is 19.3 Å². The maximum atomic E-state index is 13.2. The van der Waals surface area contributed by atoms with Gasteiger partial charge < -0.3 is 9.64 Å². The van der Waals surface area contributed by atoms with Crippen molar-refractivity contribution < 1.29 is 13.9 Å². The summed E-state index contributed by atoms with van der Waals surface area (Å²) in [5.74, 6) is -0.101. The molecule has 1 aliphatic heterocycles. The fraction of sp³-hybridized carbons (Fsp3) is 0.625. The average molecular weight is 294 g/mol. The van der Waals surface area contributed by atoms with Crippen LogP contribution in [0.2, 0.25) is 0 Å². The first-order chi connectivity index (χ1) is 9.74. The van der Waals surface area contributed by atoms with E-state index in [1.54, 1.807) is 11.1 Å². The number of pyridine rings is 1. The number of carbonyl (C=O) groups is 1. The number of rotatable bonds is 2. The van der Waals surface area contributed by atoms with E-state index in [4.69, 9.17) is 4.74 Å². The Labute approximate surface area is 125 Å². The van der Waals surface area contributed by atoms with Crippen LogP contribution in [-0.4, -0.2) is 34.7 Å². The van der Waals surface area contributed by atoms with Crippen molar-refractivity contribution in [1.29, 1.82) is 0 Å². The molecule has 0 aliphatic carbocycles. The number of amides is 1. The first-order valence-electron chi connectivity index (χ1n) is 7.33. The van der Waals surface area contributed by atoms with Gasteiger partial charge in [-0.1, -0.05) is 0 Å². The summed E-state index contributed by atoms with van der Waals surface area (Å²) in [6, 6.07) is 1.49. The molecule has 1 saturated heterocycles. The second-order valence-corrected chi connectivity index (χ2v) is 6.72. The van der Waals surface area contributed by atoms with Crippen LogP contribution in [0.15, 0.2) is 12.3 Å². The number of aryl methyl sites for hydroxylation is 1. The zero-order chi connectivity index (χ0) is 15.6. The molecule has 0 radical (unpaired) electrons. The van der Waals surface area contributed by atoms with Crippen molar-refractivity contribution in [2.45, 2.75) is 46.1 Å². The SMILES string of the molecule is Cc1cnc(F)cc1CC1CCN(C(=O)OC(C)(C)C)C1. The van der Waals surface area contributed by atoms with Crippen molar-refractivity contribution in [3.05, 3.63) is 29.3 Å². The van der Waals surface area contributed by atoms with Crippen molar-refractivity contribution in [1.82, 2.24) is 9.88 Å². The topological polar surface area (TPSA) is 42.4 Å². The van der Waals surface area contributed by atoms with Gasteiger partial charge in [0.25, 0.3) is 0 Å². The van der Waals surface area contributed by atoms with Crippen molar-refractivity contribution in [2.75, 3.05) is 13.1 Å². The highest BCUT2D eigenvalue weighted by Gasteiger charge is 2.30. The Kier molecular flexibility index (Phi) is 4.49. The van der Waals surface area contributed by atoms with Gasteiger partial charge in [-0.05, 0) is 63.6 Å². The summed E-state index contributed by atoms with van der Waals surface area (Å²) in [6.07, 6.45) is 2.99. The van der Waals surface area contributed by atoms with Gasteiger partial charge in [0.15, 0.2) is 0 Å². The fourth-order valence-corrected chi connectivity index (χ4v) is 2.56. The molecule has 2 heterocycles. The van der Waals surface area contributed by atoms with Gasteiger partial charge in [-0.3, -0.25) is 0 Å². The van der Waals surface area contributed by atoms with Crippen molar-refractivity contribution in [3.8, 4) is 0 Å². The largest absolute Gasteiger partial charge is 0.444 e. The number of hydrogen-bond donors (Lipinski definition) is 0. The zero-order valence-corrected chi connectivity index (χ0v) is 13.1. The Bertz CT molecular complexity index is 525. The molecule has 0 saturated carbocycles. The molecular formula is C16H23FN2O2. The Morgan fingerprint density at radius 2 is 2.24 bits per heavy atom. The highest BCUT2D eigenvalue weighted by Crippen LogP contribution is 2.24. The van der Waals surface area contributed by atoms with Crippen LogP contribution in [-0.2, 0) is 11.2 Å². The monoisotopic (exact) mass is 294 g/mol. The van der Waals surface area contributed by atoms with Crippen LogP contribution in [0.3, 0.4) is 0 Å². The average Bonchev–Trinajstić information content (AvgIpc) is 2.80. The van der Waals surface area contributed by atoms with Gasteiger partial charge in [-0.25, -0.2) is 9.78 Å². The van der Waals surface area contributed by atoms with E-state index >= 15 is 0 Å². The molecule has 4 nitrogen and oxygen atoms in total. The minimum atomic E-state index is -0.472. The lowest BCUT2D eigenvalue weighted by molar-refractivity contribution is 0.0288. The van der Waals surface area contributed by atoms with Gasteiger partial charge in [-0.15, -0.1) is 0 Å². The molecule has 1 fully saturated rings. The van der Waals surface area contributed by atoms with Crippen molar-refractivity contribution in [3.63, 3.8) is 0 Å². The molecule has 2 rings (SSSR count). The van der Waals surface area contributed by atoms with E-state index in [0.717, 1.165) is 24.0 Å². The Morgan fingerprint density at radius 1 is 1.52 bits per heavy atom. The molecule has 0 N–H and O–H groups in total. The molecule has 0 spiro atoms. The number of ether oxygens (including phenoxy) is 1. The number of likely N-dealkylation sites (tertiary alicyclic amines) is 1. The minimum absolute atomic E-state index is 0.261. The summed E-state index contributed by atoms with van der Waals surface area (Å²) >= 11 is 0. The first kappa shape index (κ1) is 15.7. The third-order valence-corrected chi connectivity index (χ3v) is 3.63. The minimum Gasteiger partial charge on any atom is -0.444 e. The van der Waals surface area contributed by atoms with E-state index in [9.17, 15) is 9.18 Å². The number of carbonyl (C=O) groups excluding carboxylic acids is 1. The van der Waals surface area contributed by atoms with E-state index in [1.807, 2.05) is 27.7 Å². The molecule has 116 valence electrons. The molecule has 1 aromatic rings. The Hall–Kier alpha value is -1.65. The van der Waals surface area contributed by atoms with E-state index in [2.05, 4.69) is 4.98 Å². The molecule has 1 aliphatic rings. The van der Waals surface area contributed by atoms with E-state index < -0.39 is 11.5 Å². The summed E-state index contributed by atoms with van der Waals surface area (Å²) < 4.78 is 18.6. The smallest absolute Gasteiger partial charge is 0.410 e. The molecule has 1 atom stereocenters. The van der Waals surface area contributed by atoms with E-state index in [-0.39, 0.29) is 6.09 Å². The highest BCUT2D eigenvalue weighted by molar-refractivity contribution is 5.68. The molecule has 1 amide bonds. The maximum Gasteiger partial charge on any atom is 0.410 e. The third-order valence-electron chi connectivity index (χ3n) is 3.63. The van der Waals surface area contributed by atoms with Crippen molar-refractivity contribution in [2.24, 2.45) is 5.92 Å². The van der Waals surface area contributed by atoms with E-state index in [1.165, 1.54) is 6.07 Å². The molecule has 0 aromatic carbocycles. The normalized spacial score (nSPS) is 18.9. The van der Waals surface area contributed by atoms with Gasteiger partial charge in [0.1, 0.15) is 5.60 Å². The molecule has 21 heavy (non-hydrogen) atoms. The van der Waals surface area contributed by atoms with Gasteiger partial charge in [0.05, 0.1) is 0 Å². The van der Waals surface area contributed by atoms with Crippen LogP contribution in [0, 0.1) is 18.8 Å². The summed E-state index contributed by atoms with van der Waals surface area (Å²) in [4.78, 5) is 17.4. The molecule has 1 aromatic heterocycles. The lowest BCUT2D eigenvalue weighted by Gasteiger charge is -2.24. The highest BCUT2D eigenvalue weighted by atomic mass is 19.1. The Morgan fingerprint density at radius 3 is 2.90 bits per heavy atom. The first-order valence-corrected chi connectivity index (χ1v) is 7.33. The summed E-state index contributed by atoms with van der Waals surface area (Å²) in [5, 5.41) is 0. The summed E-state index contributed by atoms with van der Waals surface area (Å²) in [6.45, 7) is 8.89. The van der Waals surface area contributed by atoms with Crippen LogP contribution in [0.1, 0.15) is 38.3 Å². The summed E-state index contributed by atoms with van der Waals surface area (Å²) in [5.41, 5.74) is 1.49. The quantitative estimate of drug-likeness (QED) is 0.786. The third kappa shape index (κ3) is 4.41. The predicted octanol–water partition coefficient (Wildman–Crippen LogP) is 3.33. The van der Waals surface area contributed by atoms with Crippen LogP contribution in [0.25, 0.3) is 0 Å². The van der Waals surface area contributed by atoms with Gasteiger partial charge in [0.2, 0.25) is 5.95 Å². The molecular weight excluding hydrogens is 271 g/mol. The summed E-state index contributed by atoms with van der Waals surface area (Å²) in [7, 11) is 0. The zero-order valence-electron chi connectivity index (χ0n) is 13.1. The molecule has 5 heteroatoms. The predicted molar refractivity (Wildman–Crippen MR) is 78.6 cm³/mol. The van der Waals surface area contributed by atoms with Crippen LogP contribution >= 0.6 is 0 Å².